The molecule has 2 aliphatic rings. The van der Waals surface area contributed by atoms with Crippen LogP contribution >= 0.6 is 0 Å². The van der Waals surface area contributed by atoms with E-state index in [9.17, 15) is 4.79 Å². The van der Waals surface area contributed by atoms with E-state index in [0.717, 1.165) is 43.9 Å². The fourth-order valence-electron chi connectivity index (χ4n) is 3.45. The molecule has 2 fully saturated rings. The van der Waals surface area contributed by atoms with E-state index in [1.807, 2.05) is 36.2 Å². The Balaban J connectivity index is 1.68. The summed E-state index contributed by atoms with van der Waals surface area (Å²) in [6.45, 7) is 4.00. The number of nitrogens with zero attached hydrogens (tertiary/aromatic N) is 1. The number of anilines is 1. The summed E-state index contributed by atoms with van der Waals surface area (Å²) in [5.41, 5.74) is 2.17. The van der Waals surface area contributed by atoms with Crippen LogP contribution in [0.4, 0.5) is 5.69 Å². The molecule has 2 saturated heterocycles. The van der Waals surface area contributed by atoms with E-state index in [1.54, 1.807) is 0 Å². The molecular formula is C16H23N3O. The van der Waals surface area contributed by atoms with E-state index < -0.39 is 0 Å². The number of carbonyl (C=O) groups is 1. The van der Waals surface area contributed by atoms with Crippen molar-refractivity contribution in [1.29, 1.82) is 0 Å². The van der Waals surface area contributed by atoms with Crippen LogP contribution in [-0.4, -0.2) is 44.0 Å². The van der Waals surface area contributed by atoms with Crippen molar-refractivity contribution in [2.75, 3.05) is 38.5 Å². The van der Waals surface area contributed by atoms with Gasteiger partial charge in [-0.25, -0.2) is 0 Å². The molecule has 0 aliphatic carbocycles. The summed E-state index contributed by atoms with van der Waals surface area (Å²) in [6, 6.07) is 7.75. The SMILES string of the molecule is CNc1ccc(C(=O)N2CCC3(CCCNC3)C2)cc1. The van der Waals surface area contributed by atoms with Gasteiger partial charge >= 0.3 is 0 Å². The van der Waals surface area contributed by atoms with Gasteiger partial charge in [0.2, 0.25) is 0 Å². The number of amides is 1. The monoisotopic (exact) mass is 273 g/mol. The minimum atomic E-state index is 0.176. The average Bonchev–Trinajstić information content (AvgIpc) is 2.91. The first kappa shape index (κ1) is 13.4. The van der Waals surface area contributed by atoms with Gasteiger partial charge in [-0.3, -0.25) is 4.79 Å². The molecule has 2 heterocycles. The van der Waals surface area contributed by atoms with Crippen LogP contribution in [0.5, 0.6) is 0 Å². The van der Waals surface area contributed by atoms with Crippen molar-refractivity contribution >= 4 is 11.6 Å². The molecular weight excluding hydrogens is 250 g/mol. The van der Waals surface area contributed by atoms with Crippen LogP contribution in [0.1, 0.15) is 29.6 Å². The second kappa shape index (κ2) is 5.44. The number of rotatable bonds is 2. The highest BCUT2D eigenvalue weighted by molar-refractivity contribution is 5.94. The van der Waals surface area contributed by atoms with E-state index >= 15 is 0 Å². The van der Waals surface area contributed by atoms with Crippen molar-refractivity contribution in [3.8, 4) is 0 Å². The quantitative estimate of drug-likeness (QED) is 0.865. The van der Waals surface area contributed by atoms with Crippen molar-refractivity contribution in [2.24, 2.45) is 5.41 Å². The van der Waals surface area contributed by atoms with Crippen LogP contribution in [0.15, 0.2) is 24.3 Å². The van der Waals surface area contributed by atoms with Crippen LogP contribution in [0, 0.1) is 5.41 Å². The van der Waals surface area contributed by atoms with Crippen molar-refractivity contribution in [1.82, 2.24) is 10.2 Å². The number of benzene rings is 1. The Morgan fingerprint density at radius 1 is 1.30 bits per heavy atom. The molecule has 1 aromatic carbocycles. The Bertz CT molecular complexity index is 477. The van der Waals surface area contributed by atoms with Gasteiger partial charge in [-0.2, -0.15) is 0 Å². The summed E-state index contributed by atoms with van der Waals surface area (Å²) in [6.07, 6.45) is 3.63. The Labute approximate surface area is 120 Å². The van der Waals surface area contributed by atoms with Crippen LogP contribution in [0.2, 0.25) is 0 Å². The molecule has 108 valence electrons. The minimum Gasteiger partial charge on any atom is -0.388 e. The van der Waals surface area contributed by atoms with E-state index in [4.69, 9.17) is 0 Å². The summed E-state index contributed by atoms with van der Waals surface area (Å²) < 4.78 is 0. The van der Waals surface area contributed by atoms with E-state index in [0.29, 0.717) is 5.41 Å². The second-order valence-electron chi connectivity index (χ2n) is 6.08. The normalized spacial score (nSPS) is 25.9. The minimum absolute atomic E-state index is 0.176. The molecule has 0 saturated carbocycles. The lowest BCUT2D eigenvalue weighted by molar-refractivity contribution is 0.0764. The zero-order valence-corrected chi connectivity index (χ0v) is 12.1. The molecule has 3 rings (SSSR count). The van der Waals surface area contributed by atoms with Crippen molar-refractivity contribution in [3.05, 3.63) is 29.8 Å². The largest absolute Gasteiger partial charge is 0.388 e. The zero-order chi connectivity index (χ0) is 14.0. The summed E-state index contributed by atoms with van der Waals surface area (Å²) >= 11 is 0. The summed E-state index contributed by atoms with van der Waals surface area (Å²) in [4.78, 5) is 14.6. The first-order valence-corrected chi connectivity index (χ1v) is 7.50. The molecule has 0 radical (unpaired) electrons. The van der Waals surface area contributed by atoms with Gasteiger partial charge in [-0.1, -0.05) is 0 Å². The van der Waals surface area contributed by atoms with Gasteiger partial charge in [0.15, 0.2) is 0 Å². The highest BCUT2D eigenvalue weighted by atomic mass is 16.2. The predicted molar refractivity (Wildman–Crippen MR) is 81.0 cm³/mol. The van der Waals surface area contributed by atoms with E-state index in [1.165, 1.54) is 12.8 Å². The highest BCUT2D eigenvalue weighted by Crippen LogP contribution is 2.36. The molecule has 1 unspecified atom stereocenters. The lowest BCUT2D eigenvalue weighted by Gasteiger charge is -2.33. The second-order valence-corrected chi connectivity index (χ2v) is 6.08. The molecule has 1 aromatic rings. The number of carbonyl (C=O) groups excluding carboxylic acids is 1. The highest BCUT2D eigenvalue weighted by Gasteiger charge is 2.40. The Morgan fingerprint density at radius 3 is 2.75 bits per heavy atom. The lowest BCUT2D eigenvalue weighted by atomic mass is 9.80. The zero-order valence-electron chi connectivity index (χ0n) is 12.1. The molecule has 0 aromatic heterocycles. The van der Waals surface area contributed by atoms with Crippen molar-refractivity contribution in [3.63, 3.8) is 0 Å². The van der Waals surface area contributed by atoms with Gasteiger partial charge in [0.1, 0.15) is 0 Å². The lowest BCUT2D eigenvalue weighted by Crippen LogP contribution is -2.42. The van der Waals surface area contributed by atoms with Gasteiger partial charge in [0.05, 0.1) is 0 Å². The van der Waals surface area contributed by atoms with Gasteiger partial charge in [-0.15, -0.1) is 0 Å². The number of piperidine rings is 1. The van der Waals surface area contributed by atoms with Gasteiger partial charge in [-0.05, 0) is 50.1 Å². The maximum atomic E-state index is 12.6. The molecule has 20 heavy (non-hydrogen) atoms. The molecule has 1 amide bonds. The molecule has 1 spiro atoms. The third kappa shape index (κ3) is 2.52. The van der Waals surface area contributed by atoms with Crippen LogP contribution in [0.25, 0.3) is 0 Å². The Morgan fingerprint density at radius 2 is 2.10 bits per heavy atom. The number of nitrogens with one attached hydrogen (secondary N) is 2. The smallest absolute Gasteiger partial charge is 0.253 e. The standard InChI is InChI=1S/C16H23N3O/c1-17-14-5-3-13(4-6-14)15(20)19-10-8-16(12-19)7-2-9-18-11-16/h3-6,17-18H,2,7-12H2,1H3. The average molecular weight is 273 g/mol. The summed E-state index contributed by atoms with van der Waals surface area (Å²) in [7, 11) is 1.89. The fourth-order valence-corrected chi connectivity index (χ4v) is 3.45. The number of hydrogen-bond acceptors (Lipinski definition) is 3. The van der Waals surface area contributed by atoms with Crippen molar-refractivity contribution < 1.29 is 4.79 Å². The van der Waals surface area contributed by atoms with E-state index in [2.05, 4.69) is 10.6 Å². The first-order valence-electron chi connectivity index (χ1n) is 7.50. The number of hydrogen-bond donors (Lipinski definition) is 2. The third-order valence-corrected chi connectivity index (χ3v) is 4.71. The van der Waals surface area contributed by atoms with Crippen LogP contribution in [-0.2, 0) is 0 Å². The van der Waals surface area contributed by atoms with Gasteiger partial charge < -0.3 is 15.5 Å². The first-order chi connectivity index (χ1) is 9.72. The van der Waals surface area contributed by atoms with Gasteiger partial charge in [0.25, 0.3) is 5.91 Å². The molecule has 2 N–H and O–H groups in total. The molecule has 4 nitrogen and oxygen atoms in total. The summed E-state index contributed by atoms with van der Waals surface area (Å²) in [5.74, 6) is 0.176. The van der Waals surface area contributed by atoms with Crippen LogP contribution < -0.4 is 10.6 Å². The molecule has 0 bridgehead atoms. The van der Waals surface area contributed by atoms with Gasteiger partial charge in [0, 0.05) is 43.3 Å². The third-order valence-electron chi connectivity index (χ3n) is 4.71. The van der Waals surface area contributed by atoms with E-state index in [-0.39, 0.29) is 5.91 Å². The predicted octanol–water partition coefficient (Wildman–Crippen LogP) is 1.94. The maximum absolute atomic E-state index is 12.6. The molecule has 2 aliphatic heterocycles. The van der Waals surface area contributed by atoms with Crippen molar-refractivity contribution in [2.45, 2.75) is 19.3 Å². The topological polar surface area (TPSA) is 44.4 Å². The Hall–Kier alpha value is -1.55. The number of likely N-dealkylation sites (tertiary alicyclic amines) is 1. The Kier molecular flexibility index (Phi) is 3.66. The maximum Gasteiger partial charge on any atom is 0.253 e. The van der Waals surface area contributed by atoms with Crippen LogP contribution in [0.3, 0.4) is 0 Å². The molecule has 4 heteroatoms. The fraction of sp³-hybridized carbons (Fsp3) is 0.562. The molecule has 1 atom stereocenters. The summed E-state index contributed by atoms with van der Waals surface area (Å²) in [5, 5.41) is 6.56.